The Labute approximate surface area is 173 Å². The minimum absolute atomic E-state index is 0.274. The third kappa shape index (κ3) is 6.12. The van der Waals surface area contributed by atoms with Gasteiger partial charge < -0.3 is 20.5 Å². The van der Waals surface area contributed by atoms with Gasteiger partial charge in [0.25, 0.3) is 0 Å². The second-order valence-corrected chi connectivity index (χ2v) is 7.27. The van der Waals surface area contributed by atoms with Crippen molar-refractivity contribution in [2.75, 3.05) is 33.3 Å². The molecule has 1 saturated heterocycles. The number of hydrogen-bond donors (Lipinski definition) is 3. The van der Waals surface area contributed by atoms with Crippen LogP contribution in [0.5, 0.6) is 11.5 Å². The molecule has 0 spiro atoms. The van der Waals surface area contributed by atoms with Gasteiger partial charge in [-0.05, 0) is 68.2 Å². The van der Waals surface area contributed by atoms with Crippen molar-refractivity contribution in [1.82, 2.24) is 15.5 Å². The number of hydrogen-bond acceptors (Lipinski definition) is 4. The van der Waals surface area contributed by atoms with Crippen molar-refractivity contribution in [3.63, 3.8) is 0 Å². The van der Waals surface area contributed by atoms with Crippen LogP contribution in [0.15, 0.2) is 53.5 Å². The maximum absolute atomic E-state index is 9.44. The number of rotatable bonds is 8. The lowest BCUT2D eigenvalue weighted by atomic mass is 10.1. The molecule has 29 heavy (non-hydrogen) atoms. The number of aliphatic imine (C=N–C) groups is 1. The van der Waals surface area contributed by atoms with Gasteiger partial charge >= 0.3 is 0 Å². The summed E-state index contributed by atoms with van der Waals surface area (Å²) >= 11 is 0. The molecule has 3 rings (SSSR count). The fourth-order valence-electron chi connectivity index (χ4n) is 3.64. The fraction of sp³-hybridized carbons (Fsp3) is 0.435. The highest BCUT2D eigenvalue weighted by atomic mass is 16.5. The van der Waals surface area contributed by atoms with Gasteiger partial charge in [0, 0.05) is 13.1 Å². The molecule has 2 aromatic rings. The lowest BCUT2D eigenvalue weighted by molar-refractivity contribution is 0.245. The normalized spacial score (nSPS) is 15.9. The summed E-state index contributed by atoms with van der Waals surface area (Å²) < 4.78 is 5.31. The van der Waals surface area contributed by atoms with Crippen molar-refractivity contribution in [2.45, 2.75) is 32.4 Å². The number of methoxy groups -OCH3 is 1. The molecule has 6 heteroatoms. The van der Waals surface area contributed by atoms with Gasteiger partial charge in [0.1, 0.15) is 11.5 Å². The Hall–Kier alpha value is -2.73. The molecule has 1 fully saturated rings. The van der Waals surface area contributed by atoms with E-state index in [1.165, 1.54) is 18.4 Å². The number of phenolic OH excluding ortho intramolecular Hbond substituents is 1. The van der Waals surface area contributed by atoms with Crippen LogP contribution in [0.3, 0.4) is 0 Å². The molecule has 0 radical (unpaired) electrons. The van der Waals surface area contributed by atoms with E-state index in [1.807, 2.05) is 24.3 Å². The summed E-state index contributed by atoms with van der Waals surface area (Å²) in [6.07, 6.45) is 2.50. The first-order chi connectivity index (χ1) is 14.2. The maximum atomic E-state index is 9.44. The zero-order chi connectivity index (χ0) is 20.5. The number of aromatic hydroxyl groups is 1. The van der Waals surface area contributed by atoms with Crippen molar-refractivity contribution in [3.05, 3.63) is 59.7 Å². The van der Waals surface area contributed by atoms with Crippen LogP contribution in [0.1, 0.15) is 36.9 Å². The first-order valence-electron chi connectivity index (χ1n) is 10.4. The highest BCUT2D eigenvalue weighted by Crippen LogP contribution is 2.26. The van der Waals surface area contributed by atoms with Crippen LogP contribution in [-0.4, -0.2) is 49.3 Å². The van der Waals surface area contributed by atoms with Crippen LogP contribution in [0.25, 0.3) is 0 Å². The molecule has 156 valence electrons. The molecule has 0 saturated carbocycles. The monoisotopic (exact) mass is 396 g/mol. The molecule has 0 aromatic heterocycles. The van der Waals surface area contributed by atoms with Crippen LogP contribution >= 0.6 is 0 Å². The Morgan fingerprint density at radius 1 is 1.07 bits per heavy atom. The quantitative estimate of drug-likeness (QED) is 0.472. The van der Waals surface area contributed by atoms with E-state index in [0.29, 0.717) is 12.6 Å². The number of guanidine groups is 1. The average molecular weight is 397 g/mol. The SMILES string of the molecule is CCNC(=NCc1ccc(O)cc1)NCC(c1ccc(OC)cc1)N1CCCC1. The Morgan fingerprint density at radius 3 is 2.38 bits per heavy atom. The van der Waals surface area contributed by atoms with Crippen molar-refractivity contribution in [3.8, 4) is 11.5 Å². The smallest absolute Gasteiger partial charge is 0.191 e. The Morgan fingerprint density at radius 2 is 1.76 bits per heavy atom. The summed E-state index contributed by atoms with van der Waals surface area (Å²) in [4.78, 5) is 7.25. The highest BCUT2D eigenvalue weighted by Gasteiger charge is 2.23. The van der Waals surface area contributed by atoms with E-state index < -0.39 is 0 Å². The second kappa shape index (κ2) is 10.7. The molecule has 1 aliphatic heterocycles. The van der Waals surface area contributed by atoms with E-state index in [1.54, 1.807) is 19.2 Å². The third-order valence-corrected chi connectivity index (χ3v) is 5.25. The van der Waals surface area contributed by atoms with Crippen LogP contribution < -0.4 is 15.4 Å². The van der Waals surface area contributed by atoms with Crippen LogP contribution in [0, 0.1) is 0 Å². The van der Waals surface area contributed by atoms with Gasteiger partial charge in [-0.2, -0.15) is 0 Å². The second-order valence-electron chi connectivity index (χ2n) is 7.27. The summed E-state index contributed by atoms with van der Waals surface area (Å²) in [7, 11) is 1.70. The largest absolute Gasteiger partial charge is 0.508 e. The standard InChI is InChI=1S/C23H32N4O2/c1-3-24-23(25-16-18-6-10-20(28)11-7-18)26-17-22(27-14-4-5-15-27)19-8-12-21(29-2)13-9-19/h6-13,22,28H,3-5,14-17H2,1-2H3,(H2,24,25,26). The van der Waals surface area contributed by atoms with Crippen LogP contribution in [0.4, 0.5) is 0 Å². The Balaban J connectivity index is 1.68. The summed E-state index contributed by atoms with van der Waals surface area (Å²) in [6, 6.07) is 15.8. The van der Waals surface area contributed by atoms with Crippen molar-refractivity contribution >= 4 is 5.96 Å². The molecule has 1 unspecified atom stereocenters. The van der Waals surface area contributed by atoms with E-state index in [-0.39, 0.29) is 5.75 Å². The molecule has 1 heterocycles. The van der Waals surface area contributed by atoms with Gasteiger partial charge in [0.15, 0.2) is 5.96 Å². The van der Waals surface area contributed by atoms with Gasteiger partial charge in [-0.3, -0.25) is 4.90 Å². The van der Waals surface area contributed by atoms with Crippen LogP contribution in [-0.2, 0) is 6.54 Å². The molecule has 1 aliphatic rings. The third-order valence-electron chi connectivity index (χ3n) is 5.25. The number of ether oxygens (including phenoxy) is 1. The van der Waals surface area contributed by atoms with E-state index in [9.17, 15) is 5.11 Å². The Kier molecular flexibility index (Phi) is 7.76. The molecule has 2 aromatic carbocycles. The first kappa shape index (κ1) is 21.0. The number of nitrogens with one attached hydrogen (secondary N) is 2. The number of phenols is 1. The zero-order valence-corrected chi connectivity index (χ0v) is 17.4. The minimum Gasteiger partial charge on any atom is -0.508 e. The zero-order valence-electron chi connectivity index (χ0n) is 17.4. The molecule has 6 nitrogen and oxygen atoms in total. The minimum atomic E-state index is 0.274. The van der Waals surface area contributed by atoms with Gasteiger partial charge in [-0.25, -0.2) is 4.99 Å². The average Bonchev–Trinajstić information content (AvgIpc) is 3.28. The summed E-state index contributed by atoms with van der Waals surface area (Å²) in [5.41, 5.74) is 2.35. The highest BCUT2D eigenvalue weighted by molar-refractivity contribution is 5.79. The molecule has 0 bridgehead atoms. The summed E-state index contributed by atoms with van der Waals surface area (Å²) in [5, 5.41) is 16.3. The first-order valence-corrected chi connectivity index (χ1v) is 10.4. The van der Waals surface area contributed by atoms with E-state index >= 15 is 0 Å². The summed E-state index contributed by atoms with van der Waals surface area (Å²) in [6.45, 7) is 6.47. The van der Waals surface area contributed by atoms with Crippen molar-refractivity contribution in [2.24, 2.45) is 4.99 Å². The number of benzene rings is 2. The molecule has 3 N–H and O–H groups in total. The van der Waals surface area contributed by atoms with Gasteiger partial charge in [0.2, 0.25) is 0 Å². The predicted octanol–water partition coefficient (Wildman–Crippen LogP) is 3.29. The van der Waals surface area contributed by atoms with Gasteiger partial charge in [-0.1, -0.05) is 24.3 Å². The summed E-state index contributed by atoms with van der Waals surface area (Å²) in [5.74, 6) is 1.96. The van der Waals surface area contributed by atoms with Gasteiger partial charge in [-0.15, -0.1) is 0 Å². The topological polar surface area (TPSA) is 69.1 Å². The lowest BCUT2D eigenvalue weighted by Gasteiger charge is -2.29. The van der Waals surface area contributed by atoms with Crippen molar-refractivity contribution in [1.29, 1.82) is 0 Å². The number of likely N-dealkylation sites (tertiary alicyclic amines) is 1. The van der Waals surface area contributed by atoms with E-state index in [2.05, 4.69) is 34.6 Å². The maximum Gasteiger partial charge on any atom is 0.191 e. The van der Waals surface area contributed by atoms with E-state index in [4.69, 9.17) is 9.73 Å². The van der Waals surface area contributed by atoms with Gasteiger partial charge in [0.05, 0.1) is 19.7 Å². The van der Waals surface area contributed by atoms with E-state index in [0.717, 1.165) is 43.5 Å². The van der Waals surface area contributed by atoms with Crippen molar-refractivity contribution < 1.29 is 9.84 Å². The number of nitrogens with zero attached hydrogens (tertiary/aromatic N) is 2. The molecule has 1 atom stereocenters. The molecular weight excluding hydrogens is 364 g/mol. The predicted molar refractivity (Wildman–Crippen MR) is 117 cm³/mol. The molecule has 0 aliphatic carbocycles. The Bertz CT molecular complexity index is 768. The fourth-order valence-corrected chi connectivity index (χ4v) is 3.64. The van der Waals surface area contributed by atoms with Crippen LogP contribution in [0.2, 0.25) is 0 Å². The lowest BCUT2D eigenvalue weighted by Crippen LogP contribution is -2.42. The molecule has 0 amide bonds. The molecular formula is C23H32N4O2.